The van der Waals surface area contributed by atoms with E-state index >= 15 is 0 Å². The second-order valence-electron chi connectivity index (χ2n) is 3.41. The first kappa shape index (κ1) is 11.0. The van der Waals surface area contributed by atoms with Crippen LogP contribution in [0.3, 0.4) is 0 Å². The molecule has 78 valence electrons. The van der Waals surface area contributed by atoms with E-state index in [1.165, 1.54) is 5.56 Å². The summed E-state index contributed by atoms with van der Waals surface area (Å²) in [4.78, 5) is 0. The third-order valence-electron chi connectivity index (χ3n) is 2.00. The van der Waals surface area contributed by atoms with Crippen LogP contribution in [0.5, 0.6) is 0 Å². The second kappa shape index (κ2) is 5.62. The Bertz CT molecular complexity index is 276. The fourth-order valence-corrected chi connectivity index (χ4v) is 1.26. The van der Waals surface area contributed by atoms with Gasteiger partial charge in [0.15, 0.2) is 0 Å². The highest BCUT2D eigenvalue weighted by atomic mass is 16.5. The summed E-state index contributed by atoms with van der Waals surface area (Å²) in [5.74, 6) is 0. The Hall–Kier alpha value is -1.06. The van der Waals surface area contributed by atoms with Crippen LogP contribution in [0.2, 0.25) is 0 Å². The Morgan fingerprint density at radius 3 is 2.93 bits per heavy atom. The molecule has 3 nitrogen and oxygen atoms in total. The molecule has 0 aromatic heterocycles. The van der Waals surface area contributed by atoms with Gasteiger partial charge in [0.2, 0.25) is 0 Å². The van der Waals surface area contributed by atoms with E-state index in [2.05, 4.69) is 18.3 Å². The first-order valence-corrected chi connectivity index (χ1v) is 4.80. The first-order valence-electron chi connectivity index (χ1n) is 4.80. The monoisotopic (exact) mass is 194 g/mol. The van der Waals surface area contributed by atoms with Crippen molar-refractivity contribution in [3.63, 3.8) is 0 Å². The zero-order chi connectivity index (χ0) is 10.4. The van der Waals surface area contributed by atoms with Crippen molar-refractivity contribution in [3.8, 4) is 0 Å². The van der Waals surface area contributed by atoms with Crippen LogP contribution < -0.4 is 11.1 Å². The molecule has 1 aromatic carbocycles. The summed E-state index contributed by atoms with van der Waals surface area (Å²) >= 11 is 0. The summed E-state index contributed by atoms with van der Waals surface area (Å²) in [6, 6.07) is 8.47. The molecule has 0 bridgehead atoms. The van der Waals surface area contributed by atoms with Crippen LogP contribution in [-0.4, -0.2) is 19.7 Å². The number of ether oxygens (including phenoxy) is 1. The number of hydrogen-bond donors (Lipinski definition) is 2. The maximum absolute atomic E-state index is 5.53. The molecular weight excluding hydrogens is 176 g/mol. The molecule has 3 heteroatoms. The van der Waals surface area contributed by atoms with Gasteiger partial charge < -0.3 is 15.8 Å². The average Bonchev–Trinajstić information content (AvgIpc) is 2.19. The van der Waals surface area contributed by atoms with Gasteiger partial charge in [-0.3, -0.25) is 0 Å². The minimum atomic E-state index is 0.299. The molecule has 0 radical (unpaired) electrons. The number of nitrogens with two attached hydrogens (primary N) is 1. The molecule has 0 aliphatic carbocycles. The van der Waals surface area contributed by atoms with Gasteiger partial charge >= 0.3 is 0 Å². The van der Waals surface area contributed by atoms with Crippen molar-refractivity contribution in [3.05, 3.63) is 29.8 Å². The highest BCUT2D eigenvalue weighted by molar-refractivity contribution is 5.46. The number of methoxy groups -OCH3 is 1. The normalized spacial score (nSPS) is 12.5. The summed E-state index contributed by atoms with van der Waals surface area (Å²) in [6.07, 6.45) is 0. The molecule has 0 amide bonds. The molecule has 0 saturated carbocycles. The van der Waals surface area contributed by atoms with E-state index in [1.54, 1.807) is 7.11 Å². The molecule has 3 N–H and O–H groups in total. The molecule has 1 aromatic rings. The molecule has 0 fully saturated rings. The molecule has 14 heavy (non-hydrogen) atoms. The lowest BCUT2D eigenvalue weighted by Crippen LogP contribution is -2.25. The van der Waals surface area contributed by atoms with E-state index in [-0.39, 0.29) is 0 Å². The molecule has 1 unspecified atom stereocenters. The minimum absolute atomic E-state index is 0.299. The van der Waals surface area contributed by atoms with Gasteiger partial charge in [0.1, 0.15) is 0 Å². The van der Waals surface area contributed by atoms with Crippen molar-refractivity contribution in [2.75, 3.05) is 19.0 Å². The highest BCUT2D eigenvalue weighted by Gasteiger charge is 1.99. The van der Waals surface area contributed by atoms with Crippen molar-refractivity contribution in [1.82, 2.24) is 0 Å². The summed E-state index contributed by atoms with van der Waals surface area (Å²) in [5, 5.41) is 3.31. The summed E-state index contributed by atoms with van der Waals surface area (Å²) in [5.41, 5.74) is 7.79. The molecule has 0 aliphatic heterocycles. The fourth-order valence-electron chi connectivity index (χ4n) is 1.26. The Balaban J connectivity index is 2.63. The second-order valence-corrected chi connectivity index (χ2v) is 3.41. The van der Waals surface area contributed by atoms with Gasteiger partial charge in [0.25, 0.3) is 0 Å². The smallest absolute Gasteiger partial charge is 0.0713 e. The van der Waals surface area contributed by atoms with Crippen LogP contribution in [0.15, 0.2) is 24.3 Å². The van der Waals surface area contributed by atoms with Gasteiger partial charge in [0, 0.05) is 25.4 Å². The predicted molar refractivity (Wildman–Crippen MR) is 59.3 cm³/mol. The minimum Gasteiger partial charge on any atom is -0.381 e. The van der Waals surface area contributed by atoms with Crippen molar-refractivity contribution >= 4 is 5.69 Å². The third-order valence-corrected chi connectivity index (χ3v) is 2.00. The van der Waals surface area contributed by atoms with Crippen molar-refractivity contribution < 1.29 is 4.74 Å². The van der Waals surface area contributed by atoms with Crippen LogP contribution >= 0.6 is 0 Å². The van der Waals surface area contributed by atoms with Crippen molar-refractivity contribution in [1.29, 1.82) is 0 Å². The molecule has 0 aliphatic rings. The van der Waals surface area contributed by atoms with Crippen molar-refractivity contribution in [2.45, 2.75) is 19.6 Å². The van der Waals surface area contributed by atoms with Gasteiger partial charge in [-0.15, -0.1) is 0 Å². The summed E-state index contributed by atoms with van der Waals surface area (Å²) in [7, 11) is 1.70. The fraction of sp³-hybridized carbons (Fsp3) is 0.455. The van der Waals surface area contributed by atoms with Gasteiger partial charge in [-0.05, 0) is 24.6 Å². The average molecular weight is 194 g/mol. The SMILES string of the molecule is COCc1cccc(NC(C)CN)c1. The van der Waals surface area contributed by atoms with Gasteiger partial charge in [0.05, 0.1) is 6.61 Å². The van der Waals surface area contributed by atoms with Crippen LogP contribution in [-0.2, 0) is 11.3 Å². The zero-order valence-corrected chi connectivity index (χ0v) is 8.79. The van der Waals surface area contributed by atoms with Gasteiger partial charge in [-0.25, -0.2) is 0 Å². The maximum atomic E-state index is 5.53. The number of anilines is 1. The van der Waals surface area contributed by atoms with Gasteiger partial charge in [-0.2, -0.15) is 0 Å². The lowest BCUT2D eigenvalue weighted by Gasteiger charge is -2.13. The maximum Gasteiger partial charge on any atom is 0.0713 e. The van der Waals surface area contributed by atoms with E-state index in [1.807, 2.05) is 18.2 Å². The van der Waals surface area contributed by atoms with Crippen LogP contribution in [0, 0.1) is 0 Å². The molecule has 0 heterocycles. The van der Waals surface area contributed by atoms with E-state index in [0.29, 0.717) is 19.2 Å². The number of rotatable bonds is 5. The Morgan fingerprint density at radius 1 is 1.50 bits per heavy atom. The van der Waals surface area contributed by atoms with E-state index < -0.39 is 0 Å². The van der Waals surface area contributed by atoms with Crippen LogP contribution in [0.25, 0.3) is 0 Å². The van der Waals surface area contributed by atoms with E-state index in [4.69, 9.17) is 10.5 Å². The largest absolute Gasteiger partial charge is 0.381 e. The Morgan fingerprint density at radius 2 is 2.29 bits per heavy atom. The molecular formula is C11H18N2O. The number of benzene rings is 1. The topological polar surface area (TPSA) is 47.3 Å². The molecule has 1 rings (SSSR count). The quantitative estimate of drug-likeness (QED) is 0.748. The molecule has 0 saturated heterocycles. The van der Waals surface area contributed by atoms with Crippen molar-refractivity contribution in [2.24, 2.45) is 5.73 Å². The third kappa shape index (κ3) is 3.36. The van der Waals surface area contributed by atoms with E-state index in [9.17, 15) is 0 Å². The zero-order valence-electron chi connectivity index (χ0n) is 8.79. The van der Waals surface area contributed by atoms with Gasteiger partial charge in [-0.1, -0.05) is 12.1 Å². The standard InChI is InChI=1S/C11H18N2O/c1-9(7-12)13-11-5-3-4-10(6-11)8-14-2/h3-6,9,13H,7-8,12H2,1-2H3. The van der Waals surface area contributed by atoms with Crippen LogP contribution in [0.1, 0.15) is 12.5 Å². The number of hydrogen-bond acceptors (Lipinski definition) is 3. The first-order chi connectivity index (χ1) is 6.76. The lowest BCUT2D eigenvalue weighted by molar-refractivity contribution is 0.185. The van der Waals surface area contributed by atoms with Crippen LogP contribution in [0.4, 0.5) is 5.69 Å². The Labute approximate surface area is 85.3 Å². The Kier molecular flexibility index (Phi) is 4.43. The summed E-state index contributed by atoms with van der Waals surface area (Å²) < 4.78 is 5.06. The van der Waals surface area contributed by atoms with E-state index in [0.717, 1.165) is 5.69 Å². The summed E-state index contributed by atoms with van der Waals surface area (Å²) in [6.45, 7) is 3.34. The molecule has 1 atom stereocenters. The molecule has 0 spiro atoms. The predicted octanol–water partition coefficient (Wildman–Crippen LogP) is 1.59. The highest BCUT2D eigenvalue weighted by Crippen LogP contribution is 2.12. The number of nitrogens with one attached hydrogen (secondary N) is 1. The lowest BCUT2D eigenvalue weighted by atomic mass is 10.2.